The number of anilines is 1. The molecule has 1 aromatic rings. The van der Waals surface area contributed by atoms with Crippen molar-refractivity contribution in [2.24, 2.45) is 0 Å². The predicted octanol–water partition coefficient (Wildman–Crippen LogP) is 1.28. The number of carboxylic acid groups (broad SMARTS) is 1. The minimum Gasteiger partial charge on any atom is -0.478 e. The van der Waals surface area contributed by atoms with Gasteiger partial charge in [0.05, 0.1) is 5.56 Å². The molecule has 2 rings (SSSR count). The Balaban J connectivity index is 2.21. The molecule has 0 radical (unpaired) electrons. The van der Waals surface area contributed by atoms with Crippen LogP contribution in [0.5, 0.6) is 0 Å². The zero-order valence-electron chi connectivity index (χ0n) is 9.69. The Hall–Kier alpha value is -1.62. The third kappa shape index (κ3) is 2.55. The molecular formula is C12H15FN2O2. The molecule has 0 saturated carbocycles. The van der Waals surface area contributed by atoms with Crippen molar-refractivity contribution in [3.63, 3.8) is 0 Å². The smallest absolute Gasteiger partial charge is 0.338 e. The molecule has 0 bridgehead atoms. The van der Waals surface area contributed by atoms with Crippen molar-refractivity contribution in [2.45, 2.75) is 0 Å². The summed E-state index contributed by atoms with van der Waals surface area (Å²) in [6.07, 6.45) is 0. The first-order valence-corrected chi connectivity index (χ1v) is 5.54. The van der Waals surface area contributed by atoms with Crippen LogP contribution in [-0.4, -0.2) is 49.2 Å². The highest BCUT2D eigenvalue weighted by Gasteiger charge is 2.17. The highest BCUT2D eigenvalue weighted by atomic mass is 19.1. The van der Waals surface area contributed by atoms with Gasteiger partial charge in [0.2, 0.25) is 0 Å². The third-order valence-electron chi connectivity index (χ3n) is 3.05. The van der Waals surface area contributed by atoms with Gasteiger partial charge in [-0.2, -0.15) is 0 Å². The first-order valence-electron chi connectivity index (χ1n) is 5.54. The van der Waals surface area contributed by atoms with Crippen LogP contribution in [-0.2, 0) is 0 Å². The highest BCUT2D eigenvalue weighted by molar-refractivity contribution is 5.89. The van der Waals surface area contributed by atoms with E-state index in [2.05, 4.69) is 9.80 Å². The predicted molar refractivity (Wildman–Crippen MR) is 63.1 cm³/mol. The van der Waals surface area contributed by atoms with E-state index in [4.69, 9.17) is 5.11 Å². The molecule has 5 heteroatoms. The summed E-state index contributed by atoms with van der Waals surface area (Å²) in [5.41, 5.74) is 0.512. The summed E-state index contributed by atoms with van der Waals surface area (Å²) in [5.74, 6) is -1.91. The number of hydrogen-bond acceptors (Lipinski definition) is 3. The van der Waals surface area contributed by atoms with Crippen LogP contribution in [0.2, 0.25) is 0 Å². The Kier molecular flexibility index (Phi) is 3.28. The van der Waals surface area contributed by atoms with Crippen LogP contribution in [0.3, 0.4) is 0 Å². The van der Waals surface area contributed by atoms with Gasteiger partial charge >= 0.3 is 5.97 Å². The van der Waals surface area contributed by atoms with Crippen LogP contribution in [0.1, 0.15) is 10.4 Å². The van der Waals surface area contributed by atoms with E-state index in [1.165, 1.54) is 12.1 Å². The van der Waals surface area contributed by atoms with Crippen molar-refractivity contribution < 1.29 is 14.3 Å². The number of carboxylic acids is 1. The Morgan fingerprint density at radius 1 is 1.29 bits per heavy atom. The molecule has 0 spiro atoms. The molecule has 0 unspecified atom stereocenters. The Morgan fingerprint density at radius 2 is 1.94 bits per heavy atom. The van der Waals surface area contributed by atoms with Crippen molar-refractivity contribution in [3.05, 3.63) is 29.6 Å². The number of hydrogen-bond donors (Lipinski definition) is 1. The lowest BCUT2D eigenvalue weighted by Gasteiger charge is -2.34. The molecule has 92 valence electrons. The summed E-state index contributed by atoms with van der Waals surface area (Å²) in [7, 11) is 2.05. The summed E-state index contributed by atoms with van der Waals surface area (Å²) >= 11 is 0. The number of likely N-dealkylation sites (N-methyl/N-ethyl adjacent to an activating group) is 1. The minimum atomic E-state index is -1.22. The van der Waals surface area contributed by atoms with Gasteiger partial charge in [-0.3, -0.25) is 0 Å². The monoisotopic (exact) mass is 238 g/mol. The van der Waals surface area contributed by atoms with Crippen LogP contribution in [0.4, 0.5) is 10.1 Å². The summed E-state index contributed by atoms with van der Waals surface area (Å²) in [4.78, 5) is 15.1. The molecule has 1 heterocycles. The second-order valence-electron chi connectivity index (χ2n) is 4.26. The number of rotatable bonds is 2. The lowest BCUT2D eigenvalue weighted by atomic mass is 10.1. The average molecular weight is 238 g/mol. The topological polar surface area (TPSA) is 43.8 Å². The molecule has 4 nitrogen and oxygen atoms in total. The normalized spacial score (nSPS) is 17.2. The number of carbonyl (C=O) groups is 1. The van der Waals surface area contributed by atoms with Crippen molar-refractivity contribution in [3.8, 4) is 0 Å². The zero-order chi connectivity index (χ0) is 12.4. The van der Waals surface area contributed by atoms with Crippen LogP contribution >= 0.6 is 0 Å². The van der Waals surface area contributed by atoms with Crippen LogP contribution in [0.15, 0.2) is 18.2 Å². The summed E-state index contributed by atoms with van der Waals surface area (Å²) in [6, 6.07) is 4.26. The fourth-order valence-electron chi connectivity index (χ4n) is 1.94. The molecule has 1 fully saturated rings. The maximum absolute atomic E-state index is 13.2. The maximum atomic E-state index is 13.2. The van der Waals surface area contributed by atoms with E-state index in [0.29, 0.717) is 0 Å². The van der Waals surface area contributed by atoms with Crippen molar-refractivity contribution in [1.29, 1.82) is 0 Å². The van der Waals surface area contributed by atoms with E-state index in [-0.39, 0.29) is 5.56 Å². The first-order chi connectivity index (χ1) is 8.08. The largest absolute Gasteiger partial charge is 0.478 e. The standard InChI is InChI=1S/C12H15FN2O2/c1-14-4-6-15(7-5-14)9-2-3-11(13)10(8-9)12(16)17/h2-3,8H,4-7H2,1H3,(H,16,17). The molecule has 17 heavy (non-hydrogen) atoms. The van der Waals surface area contributed by atoms with Crippen molar-refractivity contribution >= 4 is 11.7 Å². The lowest BCUT2D eigenvalue weighted by molar-refractivity contribution is 0.0692. The molecule has 0 amide bonds. The van der Waals surface area contributed by atoms with Gasteiger partial charge in [0, 0.05) is 31.9 Å². The Morgan fingerprint density at radius 3 is 2.53 bits per heavy atom. The number of nitrogens with zero attached hydrogens (tertiary/aromatic N) is 2. The fraction of sp³-hybridized carbons (Fsp3) is 0.417. The summed E-state index contributed by atoms with van der Waals surface area (Å²) in [6.45, 7) is 3.53. The number of aromatic carboxylic acids is 1. The maximum Gasteiger partial charge on any atom is 0.338 e. The zero-order valence-corrected chi connectivity index (χ0v) is 9.69. The van der Waals surface area contributed by atoms with Gasteiger partial charge in [0.1, 0.15) is 5.82 Å². The molecule has 1 aliphatic rings. The van der Waals surface area contributed by atoms with Crippen LogP contribution < -0.4 is 4.90 Å². The van der Waals surface area contributed by atoms with Crippen LogP contribution in [0.25, 0.3) is 0 Å². The van der Waals surface area contributed by atoms with Gasteiger partial charge in [-0.05, 0) is 25.2 Å². The fourth-order valence-corrected chi connectivity index (χ4v) is 1.94. The Labute approximate surface area is 99.3 Å². The van der Waals surface area contributed by atoms with Crippen molar-refractivity contribution in [2.75, 3.05) is 38.1 Å². The second kappa shape index (κ2) is 4.71. The second-order valence-corrected chi connectivity index (χ2v) is 4.26. The Bertz CT molecular complexity index is 429. The van der Waals surface area contributed by atoms with Crippen molar-refractivity contribution in [1.82, 2.24) is 4.90 Å². The van der Waals surface area contributed by atoms with E-state index in [1.807, 2.05) is 7.05 Å². The van der Waals surface area contributed by atoms with Gasteiger partial charge < -0.3 is 14.9 Å². The quantitative estimate of drug-likeness (QED) is 0.842. The van der Waals surface area contributed by atoms with Gasteiger partial charge in [0.15, 0.2) is 0 Å². The SMILES string of the molecule is CN1CCN(c2ccc(F)c(C(=O)O)c2)CC1. The van der Waals surface area contributed by atoms with Crippen LogP contribution in [0, 0.1) is 5.82 Å². The van der Waals surface area contributed by atoms with Gasteiger partial charge in [-0.15, -0.1) is 0 Å². The first kappa shape index (κ1) is 11.9. The van der Waals surface area contributed by atoms with E-state index in [0.717, 1.165) is 31.9 Å². The number of benzene rings is 1. The number of piperazine rings is 1. The van der Waals surface area contributed by atoms with E-state index < -0.39 is 11.8 Å². The molecule has 1 aromatic carbocycles. The van der Waals surface area contributed by atoms with Gasteiger partial charge in [0.25, 0.3) is 0 Å². The van der Waals surface area contributed by atoms with Gasteiger partial charge in [-0.25, -0.2) is 9.18 Å². The molecule has 1 saturated heterocycles. The minimum absolute atomic E-state index is 0.263. The lowest BCUT2D eigenvalue weighted by Crippen LogP contribution is -2.44. The number of halogens is 1. The van der Waals surface area contributed by atoms with E-state index >= 15 is 0 Å². The molecular weight excluding hydrogens is 223 g/mol. The molecule has 1 N–H and O–H groups in total. The molecule has 0 atom stereocenters. The highest BCUT2D eigenvalue weighted by Crippen LogP contribution is 2.20. The molecule has 0 aromatic heterocycles. The van der Waals surface area contributed by atoms with Gasteiger partial charge in [-0.1, -0.05) is 0 Å². The average Bonchev–Trinajstić information content (AvgIpc) is 2.30. The summed E-state index contributed by atoms with van der Waals surface area (Å²) in [5, 5.41) is 8.86. The van der Waals surface area contributed by atoms with E-state index in [1.54, 1.807) is 6.07 Å². The summed E-state index contributed by atoms with van der Waals surface area (Å²) < 4.78 is 13.2. The molecule has 0 aliphatic carbocycles. The third-order valence-corrected chi connectivity index (χ3v) is 3.05. The van der Waals surface area contributed by atoms with E-state index in [9.17, 15) is 9.18 Å². The molecule has 1 aliphatic heterocycles.